The fraction of sp³-hybridized carbons (Fsp3) is 0.292. The Labute approximate surface area is 186 Å². The number of benzene rings is 2. The summed E-state index contributed by atoms with van der Waals surface area (Å²) in [5, 5.41) is 19.2. The fourth-order valence-electron chi connectivity index (χ4n) is 3.79. The molecule has 1 aliphatic rings. The van der Waals surface area contributed by atoms with E-state index in [1.807, 2.05) is 24.3 Å². The highest BCUT2D eigenvalue weighted by Gasteiger charge is 2.31. The van der Waals surface area contributed by atoms with Gasteiger partial charge in [0, 0.05) is 12.2 Å². The van der Waals surface area contributed by atoms with Gasteiger partial charge in [-0.3, -0.25) is 5.41 Å². The number of nitrogens with zero attached hydrogens (tertiary/aromatic N) is 3. The number of amidine groups is 1. The molecule has 0 unspecified atom stereocenters. The first kappa shape index (κ1) is 21.6. The number of anilines is 1. The number of aliphatic hydroxyl groups excluding tert-OH is 1. The second-order valence-electron chi connectivity index (χ2n) is 7.57. The third kappa shape index (κ3) is 4.22. The van der Waals surface area contributed by atoms with Crippen LogP contribution < -0.4 is 4.90 Å². The monoisotopic (exact) mass is 433 g/mol. The highest BCUT2D eigenvalue weighted by molar-refractivity contribution is 6.30. The predicted octanol–water partition coefficient (Wildman–Crippen LogP) is 3.83. The van der Waals surface area contributed by atoms with Gasteiger partial charge >= 0.3 is 5.97 Å². The number of para-hydroxylation sites is 2. The minimum absolute atomic E-state index is 0.0777. The molecule has 1 aliphatic heterocycles. The topological polar surface area (TPSA) is 106 Å². The second-order valence-corrected chi connectivity index (χ2v) is 7.57. The molecule has 0 saturated carbocycles. The van der Waals surface area contributed by atoms with E-state index in [1.165, 1.54) is 0 Å². The lowest BCUT2D eigenvalue weighted by atomic mass is 10.2. The van der Waals surface area contributed by atoms with Gasteiger partial charge in [-0.1, -0.05) is 26.0 Å². The number of carbonyl (C=O) groups is 1. The standard InChI is InChI=1S/C24H27N5O3/c1-3-28(4-2)13-14-32-24(31)16-9-11-17(12-10-16)29-15-20(30)21(22(29)25)23-26-18-7-5-6-8-19(18)27-23/h5-12,25,30H,3-4,13-15H2,1-2H3,(H,26,27). The zero-order valence-electron chi connectivity index (χ0n) is 18.3. The van der Waals surface area contributed by atoms with E-state index in [0.717, 1.165) is 24.1 Å². The number of aliphatic hydroxyl groups is 1. The van der Waals surface area contributed by atoms with Gasteiger partial charge in [-0.15, -0.1) is 0 Å². The van der Waals surface area contributed by atoms with Crippen molar-refractivity contribution >= 4 is 34.1 Å². The maximum Gasteiger partial charge on any atom is 0.338 e. The smallest absolute Gasteiger partial charge is 0.338 e. The largest absolute Gasteiger partial charge is 0.509 e. The van der Waals surface area contributed by atoms with Crippen LogP contribution in [0.15, 0.2) is 54.3 Å². The van der Waals surface area contributed by atoms with Gasteiger partial charge in [-0.25, -0.2) is 9.78 Å². The van der Waals surface area contributed by atoms with Crippen LogP contribution in [0, 0.1) is 5.41 Å². The molecule has 0 aliphatic carbocycles. The summed E-state index contributed by atoms with van der Waals surface area (Å²) in [4.78, 5) is 23.9. The number of H-pyrrole nitrogens is 1. The van der Waals surface area contributed by atoms with E-state index < -0.39 is 0 Å². The summed E-state index contributed by atoms with van der Waals surface area (Å²) in [7, 11) is 0. The van der Waals surface area contributed by atoms with Crippen LogP contribution in [-0.4, -0.2) is 64.6 Å². The Morgan fingerprint density at radius 2 is 1.91 bits per heavy atom. The van der Waals surface area contributed by atoms with Crippen LogP contribution in [0.1, 0.15) is 30.0 Å². The van der Waals surface area contributed by atoms with Crippen LogP contribution in [0.3, 0.4) is 0 Å². The molecule has 32 heavy (non-hydrogen) atoms. The van der Waals surface area contributed by atoms with E-state index in [0.29, 0.717) is 35.8 Å². The molecule has 4 rings (SSSR count). The first-order valence-electron chi connectivity index (χ1n) is 10.7. The van der Waals surface area contributed by atoms with E-state index in [1.54, 1.807) is 29.2 Å². The summed E-state index contributed by atoms with van der Waals surface area (Å²) in [6, 6.07) is 14.4. The molecule has 166 valence electrons. The van der Waals surface area contributed by atoms with Crippen molar-refractivity contribution in [3.8, 4) is 0 Å². The lowest BCUT2D eigenvalue weighted by Crippen LogP contribution is -2.28. The van der Waals surface area contributed by atoms with E-state index in [9.17, 15) is 9.90 Å². The molecule has 3 N–H and O–H groups in total. The molecule has 0 radical (unpaired) electrons. The lowest BCUT2D eigenvalue weighted by molar-refractivity contribution is 0.0466. The van der Waals surface area contributed by atoms with E-state index >= 15 is 0 Å². The van der Waals surface area contributed by atoms with E-state index in [-0.39, 0.29) is 24.1 Å². The minimum Gasteiger partial charge on any atom is -0.509 e. The molecule has 8 heteroatoms. The number of aromatic nitrogens is 2. The van der Waals surface area contributed by atoms with Crippen LogP contribution in [0.2, 0.25) is 0 Å². The normalized spacial score (nSPS) is 14.1. The van der Waals surface area contributed by atoms with Crippen LogP contribution in [0.25, 0.3) is 16.6 Å². The zero-order valence-corrected chi connectivity index (χ0v) is 18.3. The molecule has 0 fully saturated rings. The van der Waals surface area contributed by atoms with Crippen molar-refractivity contribution in [2.45, 2.75) is 13.8 Å². The van der Waals surface area contributed by atoms with Crippen LogP contribution in [0.4, 0.5) is 5.69 Å². The molecule has 0 atom stereocenters. The summed E-state index contributed by atoms with van der Waals surface area (Å²) in [5.74, 6) is 0.318. The van der Waals surface area contributed by atoms with Gasteiger partial charge in [0.1, 0.15) is 24.0 Å². The van der Waals surface area contributed by atoms with Gasteiger partial charge in [0.15, 0.2) is 0 Å². The Morgan fingerprint density at radius 1 is 1.19 bits per heavy atom. The fourth-order valence-corrected chi connectivity index (χ4v) is 3.79. The minimum atomic E-state index is -0.371. The Bertz CT molecular complexity index is 1130. The van der Waals surface area contributed by atoms with Gasteiger partial charge in [-0.2, -0.15) is 0 Å². The zero-order chi connectivity index (χ0) is 22.7. The number of nitrogens with one attached hydrogen (secondary N) is 2. The van der Waals surface area contributed by atoms with Crippen LogP contribution >= 0.6 is 0 Å². The lowest BCUT2D eigenvalue weighted by Gasteiger charge is -2.19. The summed E-state index contributed by atoms with van der Waals surface area (Å²) < 4.78 is 5.37. The molecular weight excluding hydrogens is 406 g/mol. The first-order chi connectivity index (χ1) is 15.5. The number of fused-ring (bicyclic) bond motifs is 1. The highest BCUT2D eigenvalue weighted by Crippen LogP contribution is 2.31. The second kappa shape index (κ2) is 9.23. The molecular formula is C24H27N5O3. The number of rotatable bonds is 8. The van der Waals surface area contributed by atoms with Crippen molar-refractivity contribution in [1.82, 2.24) is 14.9 Å². The molecule has 0 amide bonds. The summed E-state index contributed by atoms with van der Waals surface area (Å²) in [6.45, 7) is 7.20. The van der Waals surface area contributed by atoms with Crippen LogP contribution in [-0.2, 0) is 4.74 Å². The molecule has 0 bridgehead atoms. The SMILES string of the molecule is CCN(CC)CCOC(=O)c1ccc(N2CC(O)=C(c3nc4ccccc4[nH]3)C2=N)cc1. The molecule has 3 aromatic rings. The Morgan fingerprint density at radius 3 is 2.59 bits per heavy atom. The van der Waals surface area contributed by atoms with Crippen molar-refractivity contribution in [3.63, 3.8) is 0 Å². The predicted molar refractivity (Wildman–Crippen MR) is 125 cm³/mol. The van der Waals surface area contributed by atoms with Crippen molar-refractivity contribution in [3.05, 3.63) is 65.7 Å². The molecule has 0 saturated heterocycles. The number of carbonyl (C=O) groups excluding carboxylic acids is 1. The van der Waals surface area contributed by atoms with Crippen molar-refractivity contribution in [1.29, 1.82) is 5.41 Å². The van der Waals surface area contributed by atoms with Gasteiger partial charge in [0.05, 0.1) is 28.7 Å². The number of aromatic amines is 1. The maximum atomic E-state index is 12.3. The first-order valence-corrected chi connectivity index (χ1v) is 10.7. The third-order valence-corrected chi connectivity index (χ3v) is 5.68. The van der Waals surface area contributed by atoms with Crippen molar-refractivity contribution < 1.29 is 14.6 Å². The molecule has 8 nitrogen and oxygen atoms in total. The summed E-state index contributed by atoms with van der Waals surface area (Å²) in [6.07, 6.45) is 0. The Kier molecular flexibility index (Phi) is 6.23. The van der Waals surface area contributed by atoms with E-state index in [4.69, 9.17) is 10.1 Å². The molecule has 2 heterocycles. The molecule has 2 aromatic carbocycles. The Hall–Kier alpha value is -3.65. The third-order valence-electron chi connectivity index (χ3n) is 5.68. The van der Waals surface area contributed by atoms with Crippen molar-refractivity contribution in [2.75, 3.05) is 37.7 Å². The van der Waals surface area contributed by atoms with Crippen molar-refractivity contribution in [2.24, 2.45) is 0 Å². The Balaban J connectivity index is 1.43. The average molecular weight is 434 g/mol. The van der Waals surface area contributed by atoms with Gasteiger partial charge in [-0.05, 0) is 49.5 Å². The summed E-state index contributed by atoms with van der Waals surface area (Å²) >= 11 is 0. The molecule has 1 aromatic heterocycles. The average Bonchev–Trinajstić information content (AvgIpc) is 3.36. The number of hydrogen-bond acceptors (Lipinski definition) is 6. The number of ether oxygens (including phenoxy) is 1. The van der Waals surface area contributed by atoms with Gasteiger partial charge < -0.3 is 24.6 Å². The van der Waals surface area contributed by atoms with Crippen LogP contribution in [0.5, 0.6) is 0 Å². The van der Waals surface area contributed by atoms with E-state index in [2.05, 4.69) is 28.7 Å². The van der Waals surface area contributed by atoms with Gasteiger partial charge in [0.25, 0.3) is 0 Å². The quantitative estimate of drug-likeness (QED) is 0.466. The molecule has 0 spiro atoms. The number of likely N-dealkylation sites (N-methyl/N-ethyl adjacent to an activating group) is 1. The summed E-state index contributed by atoms with van der Waals surface area (Å²) in [5.41, 5.74) is 3.15. The highest BCUT2D eigenvalue weighted by atomic mass is 16.5. The number of imidazole rings is 1. The maximum absolute atomic E-state index is 12.3. The number of hydrogen-bond donors (Lipinski definition) is 3. The number of esters is 1. The van der Waals surface area contributed by atoms with Gasteiger partial charge in [0.2, 0.25) is 0 Å².